The van der Waals surface area contributed by atoms with E-state index in [1.807, 2.05) is 25.1 Å². The lowest BCUT2D eigenvalue weighted by Crippen LogP contribution is -2.05. The second-order valence-electron chi connectivity index (χ2n) is 5.38. The first kappa shape index (κ1) is 16.0. The first-order valence-corrected chi connectivity index (χ1v) is 8.89. The topological polar surface area (TPSA) is 84.0 Å². The maximum Gasteiger partial charge on any atom is 0.257 e. The van der Waals surface area contributed by atoms with Gasteiger partial charge in [0.1, 0.15) is 6.07 Å². The molecule has 0 unspecified atom stereocenters. The van der Waals surface area contributed by atoms with Gasteiger partial charge in [0, 0.05) is 5.56 Å². The maximum absolute atomic E-state index is 12.6. The number of nitrogens with zero attached hydrogens (tertiary/aromatic N) is 2. The molecule has 3 aromatic rings. The number of hydrogen-bond donors (Lipinski definition) is 0. The smallest absolute Gasteiger partial charge is 0.257 e. The summed E-state index contributed by atoms with van der Waals surface area (Å²) in [6, 6.07) is 17.8. The number of hydrogen-bond acceptors (Lipinski definition) is 5. The molecule has 0 radical (unpaired) electrons. The molecule has 0 amide bonds. The van der Waals surface area contributed by atoms with Crippen LogP contribution in [0.5, 0.6) is 0 Å². The Balaban J connectivity index is 2.00. The monoisotopic (exact) mass is 338 g/mol. The summed E-state index contributed by atoms with van der Waals surface area (Å²) in [6.07, 6.45) is 0. The number of aromatic nitrogens is 1. The highest BCUT2D eigenvalue weighted by molar-refractivity contribution is 7.90. The van der Waals surface area contributed by atoms with Crippen LogP contribution in [0.3, 0.4) is 0 Å². The van der Waals surface area contributed by atoms with Gasteiger partial charge in [-0.15, -0.1) is 0 Å². The third-order valence-electron chi connectivity index (χ3n) is 3.48. The predicted octanol–water partition coefficient (Wildman–Crippen LogP) is 3.50. The Hall–Kier alpha value is -2.91. The largest absolute Gasteiger partial charge is 0.423 e. The van der Waals surface area contributed by atoms with Crippen molar-refractivity contribution in [3.05, 3.63) is 71.4 Å². The van der Waals surface area contributed by atoms with Crippen molar-refractivity contribution < 1.29 is 12.8 Å². The summed E-state index contributed by atoms with van der Waals surface area (Å²) in [5.41, 5.74) is 2.06. The summed E-state index contributed by atoms with van der Waals surface area (Å²) in [4.78, 5) is 4.01. The van der Waals surface area contributed by atoms with Crippen LogP contribution in [0.1, 0.15) is 16.8 Å². The molecule has 6 heteroatoms. The lowest BCUT2D eigenvalue weighted by Gasteiger charge is -2.02. The van der Waals surface area contributed by atoms with Crippen LogP contribution >= 0.6 is 0 Å². The van der Waals surface area contributed by atoms with Gasteiger partial charge in [-0.05, 0) is 24.6 Å². The van der Waals surface area contributed by atoms with Crippen molar-refractivity contribution in [1.82, 2.24) is 4.98 Å². The van der Waals surface area contributed by atoms with Gasteiger partial charge in [0.05, 0.1) is 5.75 Å². The molecule has 0 bridgehead atoms. The van der Waals surface area contributed by atoms with Crippen LogP contribution in [-0.2, 0) is 15.6 Å². The van der Waals surface area contributed by atoms with Gasteiger partial charge in [0.15, 0.2) is 5.69 Å². The van der Waals surface area contributed by atoms with Crippen LogP contribution < -0.4 is 0 Å². The fourth-order valence-corrected chi connectivity index (χ4v) is 3.62. The zero-order chi connectivity index (χ0) is 17.2. The van der Waals surface area contributed by atoms with Gasteiger partial charge in [-0.25, -0.2) is 8.42 Å². The van der Waals surface area contributed by atoms with E-state index in [-0.39, 0.29) is 22.4 Å². The Kier molecular flexibility index (Phi) is 4.19. The van der Waals surface area contributed by atoms with Crippen molar-refractivity contribution >= 4 is 9.84 Å². The molecular weight excluding hydrogens is 324 g/mol. The van der Waals surface area contributed by atoms with Gasteiger partial charge in [-0.3, -0.25) is 0 Å². The minimum Gasteiger partial charge on any atom is -0.423 e. The summed E-state index contributed by atoms with van der Waals surface area (Å²) in [5.74, 6) is -0.125. The molecule has 0 aliphatic heterocycles. The van der Waals surface area contributed by atoms with Gasteiger partial charge in [0.2, 0.25) is 15.7 Å². The third-order valence-corrected chi connectivity index (χ3v) is 5.04. The van der Waals surface area contributed by atoms with E-state index in [1.165, 1.54) is 0 Å². The van der Waals surface area contributed by atoms with Crippen LogP contribution in [0.15, 0.2) is 64.1 Å². The maximum atomic E-state index is 12.6. The first-order chi connectivity index (χ1) is 11.5. The number of nitriles is 1. The van der Waals surface area contributed by atoms with E-state index < -0.39 is 9.84 Å². The van der Waals surface area contributed by atoms with Crippen molar-refractivity contribution in [2.45, 2.75) is 17.8 Å². The molecule has 0 N–H and O–H groups in total. The first-order valence-electron chi connectivity index (χ1n) is 7.24. The Morgan fingerprint density at radius 1 is 1.08 bits per heavy atom. The van der Waals surface area contributed by atoms with Gasteiger partial charge in [0.25, 0.3) is 5.09 Å². The normalized spacial score (nSPS) is 11.2. The van der Waals surface area contributed by atoms with E-state index in [4.69, 9.17) is 4.42 Å². The van der Waals surface area contributed by atoms with E-state index >= 15 is 0 Å². The molecule has 2 aromatic carbocycles. The molecule has 3 rings (SSSR count). The zero-order valence-corrected chi connectivity index (χ0v) is 13.7. The van der Waals surface area contributed by atoms with E-state index in [1.54, 1.807) is 42.5 Å². The van der Waals surface area contributed by atoms with Crippen molar-refractivity contribution in [2.75, 3.05) is 0 Å². The predicted molar refractivity (Wildman–Crippen MR) is 88.7 cm³/mol. The summed E-state index contributed by atoms with van der Waals surface area (Å²) in [5, 5.41) is 8.82. The number of sulfone groups is 1. The number of oxazole rings is 1. The highest BCUT2D eigenvalue weighted by atomic mass is 32.2. The van der Waals surface area contributed by atoms with E-state index in [0.29, 0.717) is 11.1 Å². The molecule has 1 heterocycles. The van der Waals surface area contributed by atoms with Gasteiger partial charge in [-0.2, -0.15) is 10.2 Å². The molecule has 1 aromatic heterocycles. The van der Waals surface area contributed by atoms with Crippen molar-refractivity contribution in [2.24, 2.45) is 0 Å². The van der Waals surface area contributed by atoms with E-state index in [0.717, 1.165) is 5.56 Å². The standard InChI is InChI=1S/C18H14N2O3S/c1-13-7-9-14(10-8-13)12-24(21,22)18-16(11-19)20-17(23-18)15-5-3-2-4-6-15/h2-10H,12H2,1H3. The minimum absolute atomic E-state index is 0.120. The molecule has 0 fully saturated rings. The molecule has 0 aliphatic rings. The number of benzene rings is 2. The van der Waals surface area contributed by atoms with Crippen LogP contribution in [0.25, 0.3) is 11.5 Å². The molecule has 0 atom stereocenters. The Morgan fingerprint density at radius 3 is 2.38 bits per heavy atom. The lowest BCUT2D eigenvalue weighted by molar-refractivity contribution is 0.457. The Labute approximate surface area is 140 Å². The Bertz CT molecular complexity index is 999. The molecule has 120 valence electrons. The highest BCUT2D eigenvalue weighted by Crippen LogP contribution is 2.27. The molecule has 5 nitrogen and oxygen atoms in total. The molecule has 0 aliphatic carbocycles. The van der Waals surface area contributed by atoms with E-state index in [9.17, 15) is 13.7 Å². The fraction of sp³-hybridized carbons (Fsp3) is 0.111. The van der Waals surface area contributed by atoms with Gasteiger partial charge >= 0.3 is 0 Å². The van der Waals surface area contributed by atoms with Crippen LogP contribution in [0.2, 0.25) is 0 Å². The molecular formula is C18H14N2O3S. The van der Waals surface area contributed by atoms with Crippen molar-refractivity contribution in [3.63, 3.8) is 0 Å². The highest BCUT2D eigenvalue weighted by Gasteiger charge is 2.27. The van der Waals surface area contributed by atoms with Crippen molar-refractivity contribution in [1.29, 1.82) is 5.26 Å². The molecule has 0 saturated heterocycles. The zero-order valence-electron chi connectivity index (χ0n) is 12.9. The van der Waals surface area contributed by atoms with Gasteiger partial charge < -0.3 is 4.42 Å². The SMILES string of the molecule is Cc1ccc(CS(=O)(=O)c2oc(-c3ccccc3)nc2C#N)cc1. The summed E-state index contributed by atoms with van der Waals surface area (Å²) in [7, 11) is -3.81. The average molecular weight is 338 g/mol. The van der Waals surface area contributed by atoms with Crippen LogP contribution in [0, 0.1) is 18.3 Å². The summed E-state index contributed by atoms with van der Waals surface area (Å²) < 4.78 is 30.7. The van der Waals surface area contributed by atoms with Crippen LogP contribution in [0.4, 0.5) is 0 Å². The Morgan fingerprint density at radius 2 is 1.75 bits per heavy atom. The molecule has 0 spiro atoms. The minimum atomic E-state index is -3.81. The van der Waals surface area contributed by atoms with Crippen LogP contribution in [-0.4, -0.2) is 13.4 Å². The summed E-state index contributed by atoms with van der Waals surface area (Å²) in [6.45, 7) is 1.93. The summed E-state index contributed by atoms with van der Waals surface area (Å²) >= 11 is 0. The molecule has 0 saturated carbocycles. The van der Waals surface area contributed by atoms with Gasteiger partial charge in [-0.1, -0.05) is 48.0 Å². The quantitative estimate of drug-likeness (QED) is 0.727. The second kappa shape index (κ2) is 6.30. The average Bonchev–Trinajstić information content (AvgIpc) is 3.03. The van der Waals surface area contributed by atoms with Crippen molar-refractivity contribution in [3.8, 4) is 17.5 Å². The third kappa shape index (κ3) is 3.21. The molecule has 24 heavy (non-hydrogen) atoms. The second-order valence-corrected chi connectivity index (χ2v) is 7.27. The number of rotatable bonds is 4. The number of aryl methyl sites for hydroxylation is 1. The van der Waals surface area contributed by atoms with E-state index in [2.05, 4.69) is 4.98 Å². The fourth-order valence-electron chi connectivity index (χ4n) is 2.26. The lowest BCUT2D eigenvalue weighted by atomic mass is 10.2.